The third-order valence-electron chi connectivity index (χ3n) is 4.03. The Bertz CT molecular complexity index is 439. The van der Waals surface area contributed by atoms with Gasteiger partial charge in [0.2, 0.25) is 0 Å². The zero-order chi connectivity index (χ0) is 11.1. The summed E-state index contributed by atoms with van der Waals surface area (Å²) >= 11 is 0. The SMILES string of the molecule is CN=C(NN)C1C2CCc3ccccc3C21. The van der Waals surface area contributed by atoms with Crippen LogP contribution in [-0.4, -0.2) is 12.9 Å². The van der Waals surface area contributed by atoms with Gasteiger partial charge < -0.3 is 5.43 Å². The molecule has 1 aromatic rings. The fraction of sp³-hybridized carbons (Fsp3) is 0.462. The Labute approximate surface area is 95.7 Å². The molecule has 0 spiro atoms. The fourth-order valence-corrected chi connectivity index (χ4v) is 3.25. The van der Waals surface area contributed by atoms with Crippen LogP contribution in [0.2, 0.25) is 0 Å². The first-order chi connectivity index (χ1) is 7.86. The maximum atomic E-state index is 5.52. The van der Waals surface area contributed by atoms with Gasteiger partial charge in [-0.05, 0) is 35.8 Å². The number of rotatable bonds is 1. The predicted octanol–water partition coefficient (Wildman–Crippen LogP) is 1.45. The number of fused-ring (bicyclic) bond motifs is 3. The molecule has 16 heavy (non-hydrogen) atoms. The first-order valence-corrected chi connectivity index (χ1v) is 5.88. The van der Waals surface area contributed by atoms with E-state index in [9.17, 15) is 0 Å². The number of aliphatic imine (C=N–C) groups is 1. The van der Waals surface area contributed by atoms with E-state index in [0.717, 1.165) is 11.8 Å². The number of nitrogens with one attached hydrogen (secondary N) is 1. The normalized spacial score (nSPS) is 31.6. The van der Waals surface area contributed by atoms with Crippen molar-refractivity contribution in [3.8, 4) is 0 Å². The number of aryl methyl sites for hydroxylation is 1. The summed E-state index contributed by atoms with van der Waals surface area (Å²) in [6.45, 7) is 0. The van der Waals surface area contributed by atoms with Gasteiger partial charge in [-0.2, -0.15) is 0 Å². The largest absolute Gasteiger partial charge is 0.312 e. The molecule has 0 amide bonds. The molecule has 3 atom stereocenters. The van der Waals surface area contributed by atoms with E-state index in [0.29, 0.717) is 11.8 Å². The van der Waals surface area contributed by atoms with Gasteiger partial charge >= 0.3 is 0 Å². The summed E-state index contributed by atoms with van der Waals surface area (Å²) in [6, 6.07) is 8.78. The van der Waals surface area contributed by atoms with Crippen molar-refractivity contribution in [1.29, 1.82) is 0 Å². The Morgan fingerprint density at radius 1 is 1.44 bits per heavy atom. The minimum Gasteiger partial charge on any atom is -0.312 e. The van der Waals surface area contributed by atoms with Crippen LogP contribution in [-0.2, 0) is 6.42 Å². The van der Waals surface area contributed by atoms with Gasteiger partial charge in [0.25, 0.3) is 0 Å². The highest BCUT2D eigenvalue weighted by atomic mass is 15.3. The second-order valence-corrected chi connectivity index (χ2v) is 4.71. The molecule has 2 aliphatic rings. The summed E-state index contributed by atoms with van der Waals surface area (Å²) in [6.07, 6.45) is 2.47. The van der Waals surface area contributed by atoms with E-state index in [-0.39, 0.29) is 0 Å². The predicted molar refractivity (Wildman–Crippen MR) is 65.2 cm³/mol. The molecule has 3 nitrogen and oxygen atoms in total. The highest BCUT2D eigenvalue weighted by molar-refractivity contribution is 5.88. The van der Waals surface area contributed by atoms with Gasteiger partial charge in [-0.15, -0.1) is 0 Å². The lowest BCUT2D eigenvalue weighted by Gasteiger charge is -2.13. The molecule has 3 unspecified atom stereocenters. The summed E-state index contributed by atoms with van der Waals surface area (Å²) in [7, 11) is 1.81. The van der Waals surface area contributed by atoms with Crippen molar-refractivity contribution in [3.63, 3.8) is 0 Å². The number of hydrazine groups is 1. The Morgan fingerprint density at radius 2 is 2.25 bits per heavy atom. The van der Waals surface area contributed by atoms with Crippen molar-refractivity contribution in [3.05, 3.63) is 35.4 Å². The van der Waals surface area contributed by atoms with Gasteiger partial charge in [-0.25, -0.2) is 5.84 Å². The van der Waals surface area contributed by atoms with Crippen LogP contribution in [0.25, 0.3) is 0 Å². The van der Waals surface area contributed by atoms with Gasteiger partial charge in [0.1, 0.15) is 5.84 Å². The van der Waals surface area contributed by atoms with Crippen molar-refractivity contribution >= 4 is 5.84 Å². The summed E-state index contributed by atoms with van der Waals surface area (Å²) < 4.78 is 0. The number of hydrogen-bond acceptors (Lipinski definition) is 2. The highest BCUT2D eigenvalue weighted by Gasteiger charge is 2.55. The monoisotopic (exact) mass is 215 g/mol. The second kappa shape index (κ2) is 3.59. The average molecular weight is 215 g/mol. The van der Waals surface area contributed by atoms with E-state index in [4.69, 9.17) is 5.84 Å². The van der Waals surface area contributed by atoms with Crippen molar-refractivity contribution in [2.75, 3.05) is 7.05 Å². The molecule has 0 heterocycles. The first kappa shape index (κ1) is 9.85. The number of nitrogens with zero attached hydrogens (tertiary/aromatic N) is 1. The number of benzene rings is 1. The van der Waals surface area contributed by atoms with Crippen LogP contribution in [0, 0.1) is 11.8 Å². The van der Waals surface area contributed by atoms with Crippen LogP contribution < -0.4 is 11.3 Å². The molecule has 1 saturated carbocycles. The second-order valence-electron chi connectivity index (χ2n) is 4.71. The molecular weight excluding hydrogens is 198 g/mol. The van der Waals surface area contributed by atoms with Crippen molar-refractivity contribution < 1.29 is 0 Å². The maximum Gasteiger partial charge on any atom is 0.114 e. The van der Waals surface area contributed by atoms with Gasteiger partial charge in [0, 0.05) is 13.0 Å². The molecule has 3 rings (SSSR count). The smallest absolute Gasteiger partial charge is 0.114 e. The lowest BCUT2D eigenvalue weighted by atomic mass is 9.92. The van der Waals surface area contributed by atoms with Crippen LogP contribution in [0.3, 0.4) is 0 Å². The summed E-state index contributed by atoms with van der Waals surface area (Å²) in [5.74, 6) is 8.42. The lowest BCUT2D eigenvalue weighted by Crippen LogP contribution is -2.32. The van der Waals surface area contributed by atoms with Crippen LogP contribution in [0.5, 0.6) is 0 Å². The van der Waals surface area contributed by atoms with E-state index in [1.807, 2.05) is 7.05 Å². The topological polar surface area (TPSA) is 50.4 Å². The van der Waals surface area contributed by atoms with Gasteiger partial charge in [0.15, 0.2) is 0 Å². The van der Waals surface area contributed by atoms with Crippen LogP contribution in [0.1, 0.15) is 23.5 Å². The highest BCUT2D eigenvalue weighted by Crippen LogP contribution is 2.59. The summed E-state index contributed by atoms with van der Waals surface area (Å²) in [5.41, 5.74) is 5.78. The maximum absolute atomic E-state index is 5.52. The summed E-state index contributed by atoms with van der Waals surface area (Å²) in [5, 5.41) is 0. The Balaban J connectivity index is 1.93. The standard InChI is InChI=1S/C13H17N3/c1-15-13(16-14)12-10-7-6-8-4-2-3-5-9(8)11(10)12/h2-5,10-12H,6-7,14H2,1H3,(H,15,16). The molecule has 0 aromatic heterocycles. The fourth-order valence-electron chi connectivity index (χ4n) is 3.25. The molecule has 1 fully saturated rings. The lowest BCUT2D eigenvalue weighted by molar-refractivity contribution is 0.657. The van der Waals surface area contributed by atoms with E-state index in [2.05, 4.69) is 34.7 Å². The van der Waals surface area contributed by atoms with Gasteiger partial charge in [0.05, 0.1) is 0 Å². The number of nitrogens with two attached hydrogens (primary N) is 1. The van der Waals surface area contributed by atoms with E-state index in [1.165, 1.54) is 24.0 Å². The average Bonchev–Trinajstić information content (AvgIpc) is 3.06. The third kappa shape index (κ3) is 1.28. The van der Waals surface area contributed by atoms with Gasteiger partial charge in [-0.1, -0.05) is 24.3 Å². The van der Waals surface area contributed by atoms with Crippen LogP contribution in [0.15, 0.2) is 29.3 Å². The Kier molecular flexibility index (Phi) is 2.21. The van der Waals surface area contributed by atoms with Gasteiger partial charge in [-0.3, -0.25) is 4.99 Å². The zero-order valence-electron chi connectivity index (χ0n) is 9.48. The molecule has 0 saturated heterocycles. The van der Waals surface area contributed by atoms with E-state index >= 15 is 0 Å². The molecule has 0 aliphatic heterocycles. The van der Waals surface area contributed by atoms with E-state index < -0.39 is 0 Å². The number of hydrogen-bond donors (Lipinski definition) is 2. The molecule has 0 bridgehead atoms. The molecule has 1 aromatic carbocycles. The molecule has 0 radical (unpaired) electrons. The Morgan fingerprint density at radius 3 is 3.00 bits per heavy atom. The molecule has 2 aliphatic carbocycles. The number of amidine groups is 1. The van der Waals surface area contributed by atoms with Crippen molar-refractivity contribution in [2.24, 2.45) is 22.7 Å². The molecular formula is C13H17N3. The summed E-state index contributed by atoms with van der Waals surface area (Å²) in [4.78, 5) is 4.25. The van der Waals surface area contributed by atoms with Crippen molar-refractivity contribution in [2.45, 2.75) is 18.8 Å². The first-order valence-electron chi connectivity index (χ1n) is 5.88. The zero-order valence-corrected chi connectivity index (χ0v) is 9.48. The minimum atomic E-state index is 0.527. The quantitative estimate of drug-likeness (QED) is 0.322. The third-order valence-corrected chi connectivity index (χ3v) is 4.03. The molecule has 3 N–H and O–H groups in total. The van der Waals surface area contributed by atoms with Crippen LogP contribution in [0.4, 0.5) is 0 Å². The van der Waals surface area contributed by atoms with Crippen molar-refractivity contribution in [1.82, 2.24) is 5.43 Å². The minimum absolute atomic E-state index is 0.527. The molecule has 3 heteroatoms. The van der Waals surface area contributed by atoms with E-state index in [1.54, 1.807) is 0 Å². The van der Waals surface area contributed by atoms with Crippen LogP contribution >= 0.6 is 0 Å². The Hall–Kier alpha value is -1.35. The molecule has 84 valence electrons.